The van der Waals surface area contributed by atoms with Crippen molar-refractivity contribution in [2.75, 3.05) is 0 Å². The van der Waals surface area contributed by atoms with Crippen LogP contribution >= 0.6 is 0 Å². The van der Waals surface area contributed by atoms with Gasteiger partial charge in [0.2, 0.25) is 0 Å². The maximum Gasteiger partial charge on any atom is 0.147 e. The Bertz CT molecular complexity index is 707. The Morgan fingerprint density at radius 1 is 1.30 bits per heavy atom. The van der Waals surface area contributed by atoms with Crippen molar-refractivity contribution in [3.05, 3.63) is 59.7 Å². The number of H-pyrrole nitrogens is 1. The van der Waals surface area contributed by atoms with Crippen LogP contribution in [-0.4, -0.2) is 30.1 Å². The van der Waals surface area contributed by atoms with Gasteiger partial charge in [0.05, 0.1) is 36.2 Å². The second-order valence-electron chi connectivity index (χ2n) is 4.35. The first-order valence-electron chi connectivity index (χ1n) is 6.03. The molecule has 0 radical (unpaired) electrons. The zero-order valence-electron chi connectivity index (χ0n) is 10.5. The van der Waals surface area contributed by atoms with Crippen LogP contribution in [0, 0.1) is 5.82 Å². The second kappa shape index (κ2) is 5.22. The molecule has 0 saturated heterocycles. The molecule has 0 unspecified atom stereocenters. The fraction of sp³-hybridized carbons (Fsp3) is 0.154. The predicted octanol–water partition coefficient (Wildman–Crippen LogP) is 1.21. The van der Waals surface area contributed by atoms with E-state index in [0.29, 0.717) is 17.8 Å². The number of aromatic amines is 1. The average Bonchev–Trinajstić information content (AvgIpc) is 3.10. The lowest BCUT2D eigenvalue weighted by atomic mass is 10.1. The average molecular weight is 273 g/mol. The van der Waals surface area contributed by atoms with E-state index in [9.17, 15) is 4.39 Å². The highest BCUT2D eigenvalue weighted by atomic mass is 19.1. The van der Waals surface area contributed by atoms with Gasteiger partial charge < -0.3 is 9.67 Å². The van der Waals surface area contributed by atoms with Crippen molar-refractivity contribution in [2.24, 2.45) is 0 Å². The lowest BCUT2D eigenvalue weighted by Gasteiger charge is -2.06. The van der Waals surface area contributed by atoms with Gasteiger partial charge in [-0.05, 0) is 17.7 Å². The SMILES string of the molecule is OCc1cn(-c2ccc(Cc3cn[nH]n3)cc2F)cn1. The Balaban J connectivity index is 1.87. The molecular weight excluding hydrogens is 261 g/mol. The maximum atomic E-state index is 14.1. The Morgan fingerprint density at radius 3 is 2.85 bits per heavy atom. The van der Waals surface area contributed by atoms with Gasteiger partial charge in [-0.25, -0.2) is 9.37 Å². The van der Waals surface area contributed by atoms with Crippen LogP contribution < -0.4 is 0 Å². The molecule has 0 aliphatic rings. The molecule has 0 aliphatic carbocycles. The molecule has 3 aromatic rings. The van der Waals surface area contributed by atoms with Crippen LogP contribution in [0.3, 0.4) is 0 Å². The van der Waals surface area contributed by atoms with Crippen molar-refractivity contribution in [2.45, 2.75) is 13.0 Å². The lowest BCUT2D eigenvalue weighted by Crippen LogP contribution is -1.97. The van der Waals surface area contributed by atoms with Crippen molar-refractivity contribution >= 4 is 0 Å². The number of halogens is 1. The summed E-state index contributed by atoms with van der Waals surface area (Å²) in [5, 5.41) is 19.1. The number of rotatable bonds is 4. The van der Waals surface area contributed by atoms with Gasteiger partial charge in [0.15, 0.2) is 0 Å². The molecule has 6 nitrogen and oxygen atoms in total. The third kappa shape index (κ3) is 2.43. The van der Waals surface area contributed by atoms with Crippen molar-refractivity contribution < 1.29 is 9.50 Å². The quantitative estimate of drug-likeness (QED) is 0.749. The fourth-order valence-electron chi connectivity index (χ4n) is 1.97. The molecule has 20 heavy (non-hydrogen) atoms. The molecule has 0 bridgehead atoms. The van der Waals surface area contributed by atoms with E-state index < -0.39 is 0 Å². The molecule has 0 amide bonds. The number of benzene rings is 1. The summed E-state index contributed by atoms with van der Waals surface area (Å²) in [4.78, 5) is 3.96. The maximum absolute atomic E-state index is 14.1. The Kier molecular flexibility index (Phi) is 3.26. The van der Waals surface area contributed by atoms with Gasteiger partial charge in [0, 0.05) is 12.6 Å². The molecule has 2 aromatic heterocycles. The summed E-state index contributed by atoms with van der Waals surface area (Å²) in [6, 6.07) is 4.96. The first-order chi connectivity index (χ1) is 9.76. The zero-order valence-corrected chi connectivity index (χ0v) is 10.5. The monoisotopic (exact) mass is 273 g/mol. The first kappa shape index (κ1) is 12.5. The summed E-state index contributed by atoms with van der Waals surface area (Å²) >= 11 is 0. The lowest BCUT2D eigenvalue weighted by molar-refractivity contribution is 0.277. The van der Waals surface area contributed by atoms with E-state index in [-0.39, 0.29) is 12.4 Å². The molecule has 0 spiro atoms. The highest BCUT2D eigenvalue weighted by molar-refractivity contribution is 5.37. The molecular formula is C13H12FN5O. The third-order valence-corrected chi connectivity index (χ3v) is 2.94. The summed E-state index contributed by atoms with van der Waals surface area (Å²) in [5.41, 5.74) is 2.45. The smallest absolute Gasteiger partial charge is 0.147 e. The number of aliphatic hydroxyl groups excluding tert-OH is 1. The second-order valence-corrected chi connectivity index (χ2v) is 4.35. The number of hydrogen-bond donors (Lipinski definition) is 2. The van der Waals surface area contributed by atoms with Crippen molar-refractivity contribution in [1.82, 2.24) is 25.0 Å². The number of aliphatic hydroxyl groups is 1. The van der Waals surface area contributed by atoms with Crippen LogP contribution in [0.2, 0.25) is 0 Å². The molecule has 7 heteroatoms. The molecule has 0 saturated carbocycles. The normalized spacial score (nSPS) is 10.9. The van der Waals surface area contributed by atoms with E-state index >= 15 is 0 Å². The van der Waals surface area contributed by atoms with Gasteiger partial charge in [0.1, 0.15) is 5.82 Å². The topological polar surface area (TPSA) is 79.6 Å². The largest absolute Gasteiger partial charge is 0.390 e. The third-order valence-electron chi connectivity index (χ3n) is 2.94. The van der Waals surface area contributed by atoms with Crippen LogP contribution in [0.25, 0.3) is 5.69 Å². The Hall–Kier alpha value is -2.54. The minimum atomic E-state index is -0.354. The van der Waals surface area contributed by atoms with E-state index in [0.717, 1.165) is 11.3 Å². The molecule has 0 aliphatic heterocycles. The van der Waals surface area contributed by atoms with E-state index in [4.69, 9.17) is 5.11 Å². The standard InChI is InChI=1S/C13H12FN5O/c14-12-4-9(3-10-5-16-18-17-10)1-2-13(12)19-6-11(7-20)15-8-19/h1-2,4-6,8,20H,3,7H2,(H,16,17,18). The number of imidazole rings is 1. The summed E-state index contributed by atoms with van der Waals surface area (Å²) in [5.74, 6) is -0.354. The molecule has 2 N–H and O–H groups in total. The van der Waals surface area contributed by atoms with E-state index in [1.54, 1.807) is 23.0 Å². The van der Waals surface area contributed by atoms with Gasteiger partial charge in [-0.15, -0.1) is 0 Å². The number of aromatic nitrogens is 5. The molecule has 3 rings (SSSR count). The molecule has 0 fully saturated rings. The van der Waals surface area contributed by atoms with Crippen LogP contribution in [-0.2, 0) is 13.0 Å². The zero-order chi connectivity index (χ0) is 13.9. The minimum Gasteiger partial charge on any atom is -0.390 e. The highest BCUT2D eigenvalue weighted by Crippen LogP contribution is 2.17. The summed E-state index contributed by atoms with van der Waals surface area (Å²) < 4.78 is 15.7. The van der Waals surface area contributed by atoms with E-state index in [2.05, 4.69) is 20.4 Å². The Morgan fingerprint density at radius 2 is 2.20 bits per heavy atom. The summed E-state index contributed by atoms with van der Waals surface area (Å²) in [6.07, 6.45) is 5.19. The Labute approximate surface area is 113 Å². The number of nitrogens with one attached hydrogen (secondary N) is 1. The van der Waals surface area contributed by atoms with Crippen molar-refractivity contribution in [3.63, 3.8) is 0 Å². The number of nitrogens with zero attached hydrogens (tertiary/aromatic N) is 4. The molecule has 1 aromatic carbocycles. The van der Waals surface area contributed by atoms with E-state index in [1.807, 2.05) is 6.07 Å². The van der Waals surface area contributed by atoms with Gasteiger partial charge in [-0.1, -0.05) is 6.07 Å². The van der Waals surface area contributed by atoms with Gasteiger partial charge in [-0.2, -0.15) is 15.4 Å². The van der Waals surface area contributed by atoms with Crippen molar-refractivity contribution in [3.8, 4) is 5.69 Å². The number of hydrogen-bond acceptors (Lipinski definition) is 4. The van der Waals surface area contributed by atoms with Crippen LogP contribution in [0.1, 0.15) is 17.0 Å². The van der Waals surface area contributed by atoms with Gasteiger partial charge in [0.25, 0.3) is 0 Å². The van der Waals surface area contributed by atoms with Gasteiger partial charge in [-0.3, -0.25) is 0 Å². The van der Waals surface area contributed by atoms with Crippen LogP contribution in [0.5, 0.6) is 0 Å². The predicted molar refractivity (Wildman–Crippen MR) is 68.6 cm³/mol. The van der Waals surface area contributed by atoms with Crippen molar-refractivity contribution in [1.29, 1.82) is 0 Å². The fourth-order valence-corrected chi connectivity index (χ4v) is 1.97. The molecule has 0 atom stereocenters. The highest BCUT2D eigenvalue weighted by Gasteiger charge is 2.08. The van der Waals surface area contributed by atoms with Crippen LogP contribution in [0.4, 0.5) is 4.39 Å². The van der Waals surface area contributed by atoms with E-state index in [1.165, 1.54) is 12.4 Å². The molecule has 2 heterocycles. The summed E-state index contributed by atoms with van der Waals surface area (Å²) in [6.45, 7) is -0.168. The molecule has 102 valence electrons. The first-order valence-corrected chi connectivity index (χ1v) is 6.03. The van der Waals surface area contributed by atoms with Gasteiger partial charge >= 0.3 is 0 Å². The minimum absolute atomic E-state index is 0.168. The van der Waals surface area contributed by atoms with Crippen LogP contribution in [0.15, 0.2) is 36.9 Å². The summed E-state index contributed by atoms with van der Waals surface area (Å²) in [7, 11) is 0.